The smallest absolute Gasteiger partial charge is 0.251 e. The van der Waals surface area contributed by atoms with Crippen LogP contribution in [0.4, 0.5) is 11.9 Å². The Hall–Kier alpha value is -2.55. The number of sulfone groups is 1. The van der Waals surface area contributed by atoms with E-state index in [1.165, 1.54) is 12.1 Å². The molecule has 0 amide bonds. The molecule has 132 valence electrons. The van der Waals surface area contributed by atoms with Crippen LogP contribution in [-0.2, 0) is 15.6 Å². The SMILES string of the molecule is CC1=NN(c2nc(N)nc(CS(=O)(=O)c3ccccc3)n2)C(C)(C)C1. The summed E-state index contributed by atoms with van der Waals surface area (Å²) in [7, 11) is -3.57. The van der Waals surface area contributed by atoms with Gasteiger partial charge in [-0.05, 0) is 32.9 Å². The van der Waals surface area contributed by atoms with Gasteiger partial charge in [-0.1, -0.05) is 18.2 Å². The largest absolute Gasteiger partial charge is 0.368 e. The van der Waals surface area contributed by atoms with Crippen molar-refractivity contribution < 1.29 is 8.42 Å². The van der Waals surface area contributed by atoms with E-state index < -0.39 is 9.84 Å². The van der Waals surface area contributed by atoms with Gasteiger partial charge in [0.1, 0.15) is 5.75 Å². The summed E-state index contributed by atoms with van der Waals surface area (Å²) in [5, 5.41) is 6.11. The highest BCUT2D eigenvalue weighted by atomic mass is 32.2. The molecule has 8 nitrogen and oxygen atoms in total. The number of hydrazone groups is 1. The monoisotopic (exact) mass is 360 g/mol. The molecule has 2 aromatic rings. The number of hydrogen-bond donors (Lipinski definition) is 1. The summed E-state index contributed by atoms with van der Waals surface area (Å²) in [5.74, 6) is -0.0263. The normalized spacial score (nSPS) is 16.8. The lowest BCUT2D eigenvalue weighted by atomic mass is 9.99. The van der Waals surface area contributed by atoms with Gasteiger partial charge in [-0.3, -0.25) is 0 Å². The van der Waals surface area contributed by atoms with Crippen molar-refractivity contribution in [2.75, 3.05) is 10.7 Å². The lowest BCUT2D eigenvalue weighted by molar-refractivity contribution is 0.505. The van der Waals surface area contributed by atoms with Gasteiger partial charge in [-0.2, -0.15) is 20.1 Å². The van der Waals surface area contributed by atoms with Crippen LogP contribution >= 0.6 is 0 Å². The molecule has 9 heteroatoms. The Morgan fingerprint density at radius 3 is 2.44 bits per heavy atom. The first kappa shape index (κ1) is 17.3. The van der Waals surface area contributed by atoms with Crippen molar-refractivity contribution in [3.05, 3.63) is 36.2 Å². The topological polar surface area (TPSA) is 114 Å². The van der Waals surface area contributed by atoms with Crippen LogP contribution in [-0.4, -0.2) is 34.6 Å². The van der Waals surface area contributed by atoms with Crippen LogP contribution in [0.25, 0.3) is 0 Å². The van der Waals surface area contributed by atoms with Gasteiger partial charge in [0.15, 0.2) is 15.7 Å². The average Bonchev–Trinajstić information content (AvgIpc) is 2.80. The minimum atomic E-state index is -3.57. The number of anilines is 2. The standard InChI is InChI=1S/C16H20N6O2S/c1-11-9-16(2,3)22(21-11)15-19-13(18-14(17)20-15)10-25(23,24)12-7-5-4-6-8-12/h4-8H,9-10H2,1-3H3,(H2,17,18,19,20). The van der Waals surface area contributed by atoms with E-state index >= 15 is 0 Å². The molecule has 0 radical (unpaired) electrons. The van der Waals surface area contributed by atoms with Crippen LogP contribution in [0.5, 0.6) is 0 Å². The number of nitrogens with zero attached hydrogens (tertiary/aromatic N) is 5. The molecule has 0 aliphatic carbocycles. The molecule has 3 rings (SSSR count). The zero-order chi connectivity index (χ0) is 18.2. The lowest BCUT2D eigenvalue weighted by Gasteiger charge is -2.28. The van der Waals surface area contributed by atoms with E-state index in [4.69, 9.17) is 5.73 Å². The van der Waals surface area contributed by atoms with Gasteiger partial charge in [-0.25, -0.2) is 13.4 Å². The Morgan fingerprint density at radius 2 is 1.84 bits per heavy atom. The van der Waals surface area contributed by atoms with Gasteiger partial charge >= 0.3 is 0 Å². The maximum atomic E-state index is 12.5. The summed E-state index contributed by atoms with van der Waals surface area (Å²) < 4.78 is 25.1. The molecule has 0 unspecified atom stereocenters. The van der Waals surface area contributed by atoms with Gasteiger partial charge in [0, 0.05) is 12.1 Å². The van der Waals surface area contributed by atoms with E-state index in [-0.39, 0.29) is 33.9 Å². The minimum absolute atomic E-state index is 0.0289. The molecule has 2 heterocycles. The van der Waals surface area contributed by atoms with E-state index in [1.807, 2.05) is 20.8 Å². The van der Waals surface area contributed by atoms with Gasteiger partial charge in [-0.15, -0.1) is 0 Å². The first-order chi connectivity index (χ1) is 11.7. The molecule has 0 atom stereocenters. The van der Waals surface area contributed by atoms with Crippen molar-refractivity contribution in [3.8, 4) is 0 Å². The summed E-state index contributed by atoms with van der Waals surface area (Å²) in [6, 6.07) is 8.18. The van der Waals surface area contributed by atoms with Crippen molar-refractivity contribution in [1.29, 1.82) is 0 Å². The van der Waals surface area contributed by atoms with Crippen molar-refractivity contribution in [2.24, 2.45) is 5.10 Å². The summed E-state index contributed by atoms with van der Waals surface area (Å²) in [6.07, 6.45) is 0.760. The molecular formula is C16H20N6O2S. The first-order valence-electron chi connectivity index (χ1n) is 7.80. The van der Waals surface area contributed by atoms with Crippen LogP contribution in [0.1, 0.15) is 33.0 Å². The average molecular weight is 360 g/mol. The van der Waals surface area contributed by atoms with E-state index in [0.717, 1.165) is 12.1 Å². The predicted molar refractivity (Wildman–Crippen MR) is 95.9 cm³/mol. The molecule has 25 heavy (non-hydrogen) atoms. The molecule has 1 aromatic carbocycles. The third-order valence-electron chi connectivity index (χ3n) is 3.83. The molecule has 0 saturated carbocycles. The first-order valence-corrected chi connectivity index (χ1v) is 9.45. The summed E-state index contributed by atoms with van der Waals surface area (Å²) in [4.78, 5) is 12.6. The fourth-order valence-corrected chi connectivity index (χ4v) is 4.03. The lowest BCUT2D eigenvalue weighted by Crippen LogP contribution is -2.38. The molecule has 1 aliphatic rings. The van der Waals surface area contributed by atoms with Crippen molar-refractivity contribution in [1.82, 2.24) is 15.0 Å². The predicted octanol–water partition coefficient (Wildman–Crippen LogP) is 1.79. The Labute approximate surface area is 146 Å². The molecule has 0 saturated heterocycles. The Balaban J connectivity index is 1.96. The molecule has 0 bridgehead atoms. The zero-order valence-corrected chi connectivity index (χ0v) is 15.2. The van der Waals surface area contributed by atoms with Crippen molar-refractivity contribution in [3.63, 3.8) is 0 Å². The van der Waals surface area contributed by atoms with Crippen LogP contribution < -0.4 is 10.7 Å². The highest BCUT2D eigenvalue weighted by Gasteiger charge is 2.35. The quantitative estimate of drug-likeness (QED) is 0.884. The summed E-state index contributed by atoms with van der Waals surface area (Å²) in [6.45, 7) is 5.94. The number of rotatable bonds is 4. The molecule has 2 N–H and O–H groups in total. The second-order valence-corrected chi connectivity index (χ2v) is 8.61. The number of aromatic nitrogens is 3. The maximum Gasteiger partial charge on any atom is 0.251 e. The van der Waals surface area contributed by atoms with Crippen LogP contribution in [0.2, 0.25) is 0 Å². The Morgan fingerprint density at radius 1 is 1.16 bits per heavy atom. The number of hydrogen-bond acceptors (Lipinski definition) is 8. The summed E-state index contributed by atoms with van der Waals surface area (Å²) >= 11 is 0. The van der Waals surface area contributed by atoms with Crippen molar-refractivity contribution >= 4 is 27.4 Å². The fraction of sp³-hybridized carbons (Fsp3) is 0.375. The summed E-state index contributed by atoms with van der Waals surface area (Å²) in [5.41, 5.74) is 6.41. The molecular weight excluding hydrogens is 340 g/mol. The molecule has 1 aliphatic heterocycles. The fourth-order valence-electron chi connectivity index (χ4n) is 2.82. The maximum absolute atomic E-state index is 12.5. The van der Waals surface area contributed by atoms with Crippen LogP contribution in [0.15, 0.2) is 40.3 Å². The number of nitrogen functional groups attached to an aromatic ring is 1. The Kier molecular flexibility index (Phi) is 4.19. The molecule has 1 aromatic heterocycles. The Bertz CT molecular complexity index is 925. The van der Waals surface area contributed by atoms with Crippen LogP contribution in [0, 0.1) is 0 Å². The van der Waals surface area contributed by atoms with Crippen LogP contribution in [0.3, 0.4) is 0 Å². The van der Waals surface area contributed by atoms with E-state index in [9.17, 15) is 8.42 Å². The van der Waals surface area contributed by atoms with E-state index in [0.29, 0.717) is 0 Å². The van der Waals surface area contributed by atoms with Crippen molar-refractivity contribution in [2.45, 2.75) is 43.4 Å². The molecule has 0 spiro atoms. The second kappa shape index (κ2) is 6.07. The number of nitrogens with two attached hydrogens (primary N) is 1. The van der Waals surface area contributed by atoms with E-state index in [2.05, 4.69) is 20.1 Å². The number of benzene rings is 1. The van der Waals surface area contributed by atoms with Gasteiger partial charge in [0.25, 0.3) is 5.95 Å². The highest BCUT2D eigenvalue weighted by molar-refractivity contribution is 7.90. The van der Waals surface area contributed by atoms with Gasteiger partial charge < -0.3 is 5.73 Å². The zero-order valence-electron chi connectivity index (χ0n) is 14.3. The van der Waals surface area contributed by atoms with Gasteiger partial charge in [0.2, 0.25) is 5.95 Å². The second-order valence-electron chi connectivity index (χ2n) is 6.62. The van der Waals surface area contributed by atoms with Gasteiger partial charge in [0.05, 0.1) is 10.4 Å². The van der Waals surface area contributed by atoms with E-state index in [1.54, 1.807) is 23.2 Å². The molecule has 0 fully saturated rings. The minimum Gasteiger partial charge on any atom is -0.368 e. The third kappa shape index (κ3) is 3.60. The highest BCUT2D eigenvalue weighted by Crippen LogP contribution is 2.30. The third-order valence-corrected chi connectivity index (χ3v) is 5.46.